The summed E-state index contributed by atoms with van der Waals surface area (Å²) in [4.78, 5) is 17.1. The van der Waals surface area contributed by atoms with E-state index in [0.29, 0.717) is 24.3 Å². The highest BCUT2D eigenvalue weighted by atomic mass is 16.2. The standard InChI is InChI=1S/C22H34N2O/c1-17(2)14-22(25)24(21-8-9-21)16-20-6-4-18(5-7-20)15-19-10-12-23(3)13-11-19/h4-7,17,19,21H,8-16H2,1-3H3. The van der Waals surface area contributed by atoms with Gasteiger partial charge in [-0.3, -0.25) is 4.79 Å². The van der Waals surface area contributed by atoms with Crippen LogP contribution in [0.3, 0.4) is 0 Å². The van der Waals surface area contributed by atoms with Crippen molar-refractivity contribution < 1.29 is 4.79 Å². The summed E-state index contributed by atoms with van der Waals surface area (Å²) < 4.78 is 0. The molecule has 2 aliphatic rings. The van der Waals surface area contributed by atoms with Gasteiger partial charge in [-0.1, -0.05) is 38.1 Å². The molecule has 1 aliphatic heterocycles. The fourth-order valence-electron chi connectivity index (χ4n) is 3.85. The molecule has 0 radical (unpaired) electrons. The van der Waals surface area contributed by atoms with Crippen LogP contribution in [0.25, 0.3) is 0 Å². The Bertz CT molecular complexity index is 554. The molecule has 1 aliphatic carbocycles. The third-order valence-corrected chi connectivity index (χ3v) is 5.63. The molecule has 3 heteroatoms. The summed E-state index contributed by atoms with van der Waals surface area (Å²) in [6.07, 6.45) is 6.86. The van der Waals surface area contributed by atoms with Crippen molar-refractivity contribution in [3.63, 3.8) is 0 Å². The smallest absolute Gasteiger partial charge is 0.223 e. The van der Waals surface area contributed by atoms with Gasteiger partial charge in [-0.15, -0.1) is 0 Å². The Hall–Kier alpha value is -1.35. The number of amides is 1. The van der Waals surface area contributed by atoms with E-state index in [9.17, 15) is 4.79 Å². The molecule has 1 saturated carbocycles. The Morgan fingerprint density at radius 1 is 1.08 bits per heavy atom. The molecule has 2 fully saturated rings. The van der Waals surface area contributed by atoms with E-state index >= 15 is 0 Å². The molecule has 0 atom stereocenters. The minimum Gasteiger partial charge on any atom is -0.335 e. The monoisotopic (exact) mass is 342 g/mol. The van der Waals surface area contributed by atoms with Crippen LogP contribution in [0.4, 0.5) is 0 Å². The van der Waals surface area contributed by atoms with Crippen molar-refractivity contribution in [2.24, 2.45) is 11.8 Å². The van der Waals surface area contributed by atoms with Gasteiger partial charge in [-0.2, -0.15) is 0 Å². The number of piperidine rings is 1. The van der Waals surface area contributed by atoms with Crippen LogP contribution in [0.2, 0.25) is 0 Å². The van der Waals surface area contributed by atoms with Crippen molar-refractivity contribution in [3.8, 4) is 0 Å². The number of carbonyl (C=O) groups is 1. The lowest BCUT2D eigenvalue weighted by Gasteiger charge is -2.29. The summed E-state index contributed by atoms with van der Waals surface area (Å²) in [6.45, 7) is 7.50. The Kier molecular flexibility index (Phi) is 6.16. The van der Waals surface area contributed by atoms with Crippen molar-refractivity contribution in [2.45, 2.75) is 65.0 Å². The van der Waals surface area contributed by atoms with E-state index in [4.69, 9.17) is 0 Å². The molecule has 1 aromatic rings. The Morgan fingerprint density at radius 2 is 1.68 bits per heavy atom. The number of hydrogen-bond acceptors (Lipinski definition) is 2. The maximum absolute atomic E-state index is 12.5. The van der Waals surface area contributed by atoms with Crippen LogP contribution in [0.5, 0.6) is 0 Å². The van der Waals surface area contributed by atoms with Gasteiger partial charge in [0.1, 0.15) is 0 Å². The third kappa shape index (κ3) is 5.57. The van der Waals surface area contributed by atoms with Crippen molar-refractivity contribution in [1.29, 1.82) is 0 Å². The molecule has 0 N–H and O–H groups in total. The summed E-state index contributed by atoms with van der Waals surface area (Å²) in [7, 11) is 2.22. The minimum absolute atomic E-state index is 0.327. The second-order valence-corrected chi connectivity index (χ2v) is 8.62. The van der Waals surface area contributed by atoms with Gasteiger partial charge < -0.3 is 9.80 Å². The van der Waals surface area contributed by atoms with Crippen molar-refractivity contribution >= 4 is 5.91 Å². The number of hydrogen-bond donors (Lipinski definition) is 0. The lowest BCUT2D eigenvalue weighted by molar-refractivity contribution is -0.133. The van der Waals surface area contributed by atoms with Gasteiger partial charge in [0.25, 0.3) is 0 Å². The van der Waals surface area contributed by atoms with Crippen LogP contribution in [0, 0.1) is 11.8 Å². The Labute approximate surface area is 153 Å². The predicted octanol–water partition coefficient (Wildman–Crippen LogP) is 4.11. The predicted molar refractivity (Wildman–Crippen MR) is 103 cm³/mol. The molecule has 3 rings (SSSR count). The summed E-state index contributed by atoms with van der Waals surface area (Å²) >= 11 is 0. The average molecular weight is 343 g/mol. The molecular weight excluding hydrogens is 308 g/mol. The molecular formula is C22H34N2O. The molecule has 0 unspecified atom stereocenters. The zero-order valence-electron chi connectivity index (χ0n) is 16.2. The number of carbonyl (C=O) groups excluding carboxylic acids is 1. The largest absolute Gasteiger partial charge is 0.335 e. The molecule has 25 heavy (non-hydrogen) atoms. The second kappa shape index (κ2) is 8.35. The normalized spacial score (nSPS) is 19.4. The van der Waals surface area contributed by atoms with E-state index < -0.39 is 0 Å². The van der Waals surface area contributed by atoms with Gasteiger partial charge in [-0.25, -0.2) is 0 Å². The number of likely N-dealkylation sites (tertiary alicyclic amines) is 1. The van der Waals surface area contributed by atoms with Crippen LogP contribution >= 0.6 is 0 Å². The van der Waals surface area contributed by atoms with Crippen molar-refractivity contribution in [1.82, 2.24) is 9.80 Å². The van der Waals surface area contributed by atoms with Crippen LogP contribution in [0.15, 0.2) is 24.3 Å². The van der Waals surface area contributed by atoms with E-state index in [1.54, 1.807) is 0 Å². The van der Waals surface area contributed by atoms with E-state index in [2.05, 4.69) is 55.0 Å². The van der Waals surface area contributed by atoms with E-state index in [1.165, 1.54) is 56.3 Å². The molecule has 138 valence electrons. The van der Waals surface area contributed by atoms with Crippen LogP contribution < -0.4 is 0 Å². The van der Waals surface area contributed by atoms with Gasteiger partial charge >= 0.3 is 0 Å². The van der Waals surface area contributed by atoms with Gasteiger partial charge in [0, 0.05) is 19.0 Å². The van der Waals surface area contributed by atoms with Gasteiger partial charge in [-0.05, 0) is 75.2 Å². The van der Waals surface area contributed by atoms with Gasteiger partial charge in [0.15, 0.2) is 0 Å². The molecule has 1 saturated heterocycles. The highest BCUT2D eigenvalue weighted by molar-refractivity contribution is 5.77. The lowest BCUT2D eigenvalue weighted by Crippen LogP contribution is -2.33. The fourth-order valence-corrected chi connectivity index (χ4v) is 3.85. The number of benzene rings is 1. The molecule has 1 amide bonds. The second-order valence-electron chi connectivity index (χ2n) is 8.62. The van der Waals surface area contributed by atoms with E-state index in [1.807, 2.05) is 0 Å². The van der Waals surface area contributed by atoms with Crippen LogP contribution in [-0.4, -0.2) is 41.9 Å². The van der Waals surface area contributed by atoms with E-state index in [0.717, 1.165) is 12.5 Å². The van der Waals surface area contributed by atoms with Crippen molar-refractivity contribution in [3.05, 3.63) is 35.4 Å². The average Bonchev–Trinajstić information content (AvgIpc) is 3.40. The molecule has 1 aromatic carbocycles. The van der Waals surface area contributed by atoms with Gasteiger partial charge in [0.05, 0.1) is 0 Å². The minimum atomic E-state index is 0.327. The van der Waals surface area contributed by atoms with Crippen molar-refractivity contribution in [2.75, 3.05) is 20.1 Å². The molecule has 3 nitrogen and oxygen atoms in total. The first-order valence-corrected chi connectivity index (χ1v) is 10.1. The Morgan fingerprint density at radius 3 is 2.24 bits per heavy atom. The third-order valence-electron chi connectivity index (χ3n) is 5.63. The highest BCUT2D eigenvalue weighted by Gasteiger charge is 2.32. The first kappa shape index (κ1) is 18.4. The zero-order valence-corrected chi connectivity index (χ0v) is 16.2. The van der Waals surface area contributed by atoms with Gasteiger partial charge in [0.2, 0.25) is 5.91 Å². The fraction of sp³-hybridized carbons (Fsp3) is 0.682. The summed E-state index contributed by atoms with van der Waals surface area (Å²) in [5.74, 6) is 1.59. The lowest BCUT2D eigenvalue weighted by atomic mass is 9.90. The molecule has 0 spiro atoms. The zero-order chi connectivity index (χ0) is 17.8. The summed E-state index contributed by atoms with van der Waals surface area (Å²) in [5, 5.41) is 0. The highest BCUT2D eigenvalue weighted by Crippen LogP contribution is 2.30. The molecule has 0 aromatic heterocycles. The molecule has 1 heterocycles. The first-order valence-electron chi connectivity index (χ1n) is 10.1. The SMILES string of the molecule is CC(C)CC(=O)N(Cc1ccc(CC2CCN(C)CC2)cc1)C1CC1. The molecule has 0 bridgehead atoms. The summed E-state index contributed by atoms with van der Waals surface area (Å²) in [6, 6.07) is 9.53. The quantitative estimate of drug-likeness (QED) is 0.744. The topological polar surface area (TPSA) is 23.6 Å². The number of rotatable bonds is 7. The van der Waals surface area contributed by atoms with Crippen LogP contribution in [-0.2, 0) is 17.8 Å². The first-order chi connectivity index (χ1) is 12.0. The van der Waals surface area contributed by atoms with E-state index in [-0.39, 0.29) is 0 Å². The van der Waals surface area contributed by atoms with Crippen LogP contribution in [0.1, 0.15) is 57.1 Å². The maximum Gasteiger partial charge on any atom is 0.223 e. The number of nitrogens with zero attached hydrogens (tertiary/aromatic N) is 2. The maximum atomic E-state index is 12.5. The summed E-state index contributed by atoms with van der Waals surface area (Å²) in [5.41, 5.74) is 2.72. The Balaban J connectivity index is 1.55.